The van der Waals surface area contributed by atoms with Crippen molar-refractivity contribution in [1.82, 2.24) is 19.7 Å². The van der Waals surface area contributed by atoms with Crippen molar-refractivity contribution < 1.29 is 9.53 Å². The molecule has 0 N–H and O–H groups in total. The number of amides is 1. The van der Waals surface area contributed by atoms with Crippen LogP contribution >= 0.6 is 11.6 Å². The van der Waals surface area contributed by atoms with Crippen LogP contribution in [-0.4, -0.2) is 51.9 Å². The number of hydrogen-bond acceptors (Lipinski definition) is 4. The van der Waals surface area contributed by atoms with Gasteiger partial charge in [-0.3, -0.25) is 4.79 Å². The van der Waals surface area contributed by atoms with Crippen molar-refractivity contribution in [2.24, 2.45) is 0 Å². The van der Waals surface area contributed by atoms with Crippen LogP contribution in [-0.2, 0) is 4.74 Å². The summed E-state index contributed by atoms with van der Waals surface area (Å²) < 4.78 is 6.97. The molecule has 1 aliphatic heterocycles. The summed E-state index contributed by atoms with van der Waals surface area (Å²) >= 11 is 6.13. The zero-order valence-electron chi connectivity index (χ0n) is 14.0. The maximum atomic E-state index is 12.8. The number of halogens is 1. The number of nitrogens with zero attached hydrogens (tertiary/aromatic N) is 4. The van der Waals surface area contributed by atoms with Gasteiger partial charge in [-0.05, 0) is 18.2 Å². The molecule has 4 rings (SSSR count). The SMILES string of the molecule is O=C(c1nc(-c2ccccc2)n(-c2cccc(Cl)c2)n1)N1CCOCC1. The van der Waals surface area contributed by atoms with E-state index >= 15 is 0 Å². The summed E-state index contributed by atoms with van der Waals surface area (Å²) in [4.78, 5) is 19.1. The molecule has 0 saturated carbocycles. The number of hydrogen-bond donors (Lipinski definition) is 0. The minimum Gasteiger partial charge on any atom is -0.378 e. The number of carbonyl (C=O) groups excluding carboxylic acids is 1. The van der Waals surface area contributed by atoms with E-state index in [4.69, 9.17) is 16.3 Å². The van der Waals surface area contributed by atoms with Crippen molar-refractivity contribution in [3.8, 4) is 17.1 Å². The Hall–Kier alpha value is -2.70. The molecule has 0 atom stereocenters. The van der Waals surface area contributed by atoms with Gasteiger partial charge in [-0.2, -0.15) is 0 Å². The van der Waals surface area contributed by atoms with Crippen LogP contribution in [0.4, 0.5) is 0 Å². The van der Waals surface area contributed by atoms with Gasteiger partial charge in [-0.1, -0.05) is 48.0 Å². The Kier molecular flexibility index (Phi) is 4.69. The summed E-state index contributed by atoms with van der Waals surface area (Å²) in [7, 11) is 0. The molecule has 0 spiro atoms. The van der Waals surface area contributed by atoms with Crippen LogP contribution in [0.2, 0.25) is 5.02 Å². The summed E-state index contributed by atoms with van der Waals surface area (Å²) in [6.07, 6.45) is 0. The van der Waals surface area contributed by atoms with Crippen molar-refractivity contribution >= 4 is 17.5 Å². The van der Waals surface area contributed by atoms with Crippen LogP contribution in [0.15, 0.2) is 54.6 Å². The zero-order chi connectivity index (χ0) is 17.9. The van der Waals surface area contributed by atoms with E-state index in [0.717, 1.165) is 11.3 Å². The number of ether oxygens (including phenoxy) is 1. The highest BCUT2D eigenvalue weighted by molar-refractivity contribution is 6.30. The number of morpholine rings is 1. The van der Waals surface area contributed by atoms with E-state index < -0.39 is 0 Å². The minimum atomic E-state index is -0.189. The van der Waals surface area contributed by atoms with Crippen molar-refractivity contribution in [2.75, 3.05) is 26.3 Å². The van der Waals surface area contributed by atoms with E-state index in [2.05, 4.69) is 10.1 Å². The molecule has 1 aliphatic rings. The summed E-state index contributed by atoms with van der Waals surface area (Å²) in [6.45, 7) is 2.16. The van der Waals surface area contributed by atoms with Crippen molar-refractivity contribution in [3.63, 3.8) is 0 Å². The van der Waals surface area contributed by atoms with Crippen molar-refractivity contribution in [1.29, 1.82) is 0 Å². The molecule has 0 radical (unpaired) electrons. The lowest BCUT2D eigenvalue weighted by atomic mass is 10.2. The second-order valence-electron chi connectivity index (χ2n) is 5.92. The van der Waals surface area contributed by atoms with E-state index in [9.17, 15) is 4.79 Å². The monoisotopic (exact) mass is 368 g/mol. The van der Waals surface area contributed by atoms with E-state index in [0.29, 0.717) is 37.2 Å². The summed E-state index contributed by atoms with van der Waals surface area (Å²) in [5, 5.41) is 5.08. The first-order valence-electron chi connectivity index (χ1n) is 8.38. The third kappa shape index (κ3) is 3.34. The van der Waals surface area contributed by atoms with Crippen LogP contribution in [0.5, 0.6) is 0 Å². The molecule has 6 nitrogen and oxygen atoms in total. The molecule has 7 heteroatoms. The first-order chi connectivity index (χ1) is 12.7. The third-order valence-corrected chi connectivity index (χ3v) is 4.42. The molecule has 2 heterocycles. The second kappa shape index (κ2) is 7.27. The number of rotatable bonds is 3. The van der Waals surface area contributed by atoms with Gasteiger partial charge in [0.1, 0.15) is 0 Å². The molecule has 0 aliphatic carbocycles. The predicted octanol–water partition coefficient (Wildman–Crippen LogP) is 3.06. The highest BCUT2D eigenvalue weighted by Crippen LogP contribution is 2.23. The molecular formula is C19H17ClN4O2. The Bertz CT molecular complexity index is 920. The molecule has 1 saturated heterocycles. The molecular weight excluding hydrogens is 352 g/mol. The van der Waals surface area contributed by atoms with Crippen LogP contribution in [0, 0.1) is 0 Å². The van der Waals surface area contributed by atoms with Gasteiger partial charge in [0.2, 0.25) is 5.82 Å². The first-order valence-corrected chi connectivity index (χ1v) is 8.75. The Morgan fingerprint density at radius 2 is 1.81 bits per heavy atom. The molecule has 2 aromatic carbocycles. The van der Waals surface area contributed by atoms with Gasteiger partial charge < -0.3 is 9.64 Å². The quantitative estimate of drug-likeness (QED) is 0.713. The van der Waals surface area contributed by atoms with Gasteiger partial charge in [0.25, 0.3) is 5.91 Å². The lowest BCUT2D eigenvalue weighted by molar-refractivity contribution is 0.0295. The van der Waals surface area contributed by atoms with Crippen LogP contribution in [0.3, 0.4) is 0 Å². The molecule has 26 heavy (non-hydrogen) atoms. The average Bonchev–Trinajstić information content (AvgIpc) is 3.14. The first kappa shape index (κ1) is 16.8. The van der Waals surface area contributed by atoms with Gasteiger partial charge >= 0.3 is 0 Å². The molecule has 1 fully saturated rings. The Morgan fingerprint density at radius 1 is 1.04 bits per heavy atom. The highest BCUT2D eigenvalue weighted by atomic mass is 35.5. The maximum absolute atomic E-state index is 12.8. The van der Waals surface area contributed by atoms with Crippen LogP contribution in [0.1, 0.15) is 10.6 Å². The number of aromatic nitrogens is 3. The van der Waals surface area contributed by atoms with E-state index in [1.807, 2.05) is 42.5 Å². The van der Waals surface area contributed by atoms with Crippen molar-refractivity contribution in [3.05, 3.63) is 65.4 Å². The second-order valence-corrected chi connectivity index (χ2v) is 6.36. The zero-order valence-corrected chi connectivity index (χ0v) is 14.8. The van der Waals surface area contributed by atoms with Gasteiger partial charge in [-0.15, -0.1) is 5.10 Å². The number of benzene rings is 2. The molecule has 1 aromatic heterocycles. The predicted molar refractivity (Wildman–Crippen MR) is 98.5 cm³/mol. The van der Waals surface area contributed by atoms with Gasteiger partial charge in [0.05, 0.1) is 18.9 Å². The lowest BCUT2D eigenvalue weighted by Crippen LogP contribution is -2.41. The fraction of sp³-hybridized carbons (Fsp3) is 0.211. The largest absolute Gasteiger partial charge is 0.378 e. The molecule has 0 unspecified atom stereocenters. The Balaban J connectivity index is 1.79. The average molecular weight is 369 g/mol. The summed E-state index contributed by atoms with van der Waals surface area (Å²) in [5.74, 6) is 0.585. The minimum absolute atomic E-state index is 0.172. The molecule has 132 valence electrons. The third-order valence-electron chi connectivity index (χ3n) is 4.18. The highest BCUT2D eigenvalue weighted by Gasteiger charge is 2.24. The lowest BCUT2D eigenvalue weighted by Gasteiger charge is -2.25. The topological polar surface area (TPSA) is 60.2 Å². The molecule has 3 aromatic rings. The van der Waals surface area contributed by atoms with E-state index in [1.165, 1.54) is 0 Å². The summed E-state index contributed by atoms with van der Waals surface area (Å²) in [6, 6.07) is 17.0. The van der Waals surface area contributed by atoms with Crippen LogP contribution in [0.25, 0.3) is 17.1 Å². The summed E-state index contributed by atoms with van der Waals surface area (Å²) in [5.41, 5.74) is 1.63. The maximum Gasteiger partial charge on any atom is 0.293 e. The van der Waals surface area contributed by atoms with E-state index in [-0.39, 0.29) is 11.7 Å². The Morgan fingerprint density at radius 3 is 2.54 bits per heavy atom. The van der Waals surface area contributed by atoms with Crippen LogP contribution < -0.4 is 0 Å². The standard InChI is InChI=1S/C19H17ClN4O2/c20-15-7-4-8-16(13-15)24-18(14-5-2-1-3-6-14)21-17(22-24)19(25)23-9-11-26-12-10-23/h1-8,13H,9-12H2. The van der Waals surface area contributed by atoms with Gasteiger partial charge in [-0.25, -0.2) is 9.67 Å². The van der Waals surface area contributed by atoms with Crippen molar-refractivity contribution in [2.45, 2.75) is 0 Å². The van der Waals surface area contributed by atoms with Gasteiger partial charge in [0.15, 0.2) is 5.82 Å². The number of carbonyl (C=O) groups is 1. The van der Waals surface area contributed by atoms with Gasteiger partial charge in [0, 0.05) is 23.7 Å². The molecule has 0 bridgehead atoms. The fourth-order valence-corrected chi connectivity index (χ4v) is 3.06. The Labute approximate surface area is 156 Å². The normalized spacial score (nSPS) is 14.4. The fourth-order valence-electron chi connectivity index (χ4n) is 2.87. The smallest absolute Gasteiger partial charge is 0.293 e. The molecule has 1 amide bonds. The van der Waals surface area contributed by atoms with E-state index in [1.54, 1.807) is 21.7 Å².